The van der Waals surface area contributed by atoms with Gasteiger partial charge >= 0.3 is 18.4 Å². The van der Waals surface area contributed by atoms with E-state index in [2.05, 4.69) is 22.2 Å². The summed E-state index contributed by atoms with van der Waals surface area (Å²) in [6.07, 6.45) is -5.71. The minimum atomic E-state index is -4.77. The van der Waals surface area contributed by atoms with Gasteiger partial charge in [-0.3, -0.25) is 4.79 Å². The van der Waals surface area contributed by atoms with Gasteiger partial charge in [-0.25, -0.2) is 9.59 Å². The summed E-state index contributed by atoms with van der Waals surface area (Å²) >= 11 is 0. The molecule has 0 saturated carbocycles. The first-order chi connectivity index (χ1) is 17.7. The molecule has 0 fully saturated rings. The van der Waals surface area contributed by atoms with Crippen LogP contribution in [0.2, 0.25) is 0 Å². The lowest BCUT2D eigenvalue weighted by Crippen LogP contribution is -2.44. The van der Waals surface area contributed by atoms with Gasteiger partial charge in [0.2, 0.25) is 11.8 Å². The molecule has 39 heavy (non-hydrogen) atoms. The van der Waals surface area contributed by atoms with Crippen molar-refractivity contribution < 1.29 is 41.8 Å². The molecule has 0 bridgehead atoms. The van der Waals surface area contributed by atoms with Gasteiger partial charge in [0.25, 0.3) is 0 Å². The molecule has 1 aromatic heterocycles. The topological polar surface area (TPSA) is 122 Å². The minimum Gasteiger partial charge on any atom is -0.466 e. The average molecular weight is 562 g/mol. The Morgan fingerprint density at radius 2 is 1.56 bits per heavy atom. The Kier molecular flexibility index (Phi) is 11.6. The van der Waals surface area contributed by atoms with Gasteiger partial charge in [0.15, 0.2) is 12.4 Å². The molecule has 0 aromatic carbocycles. The number of ether oxygens (including phenoxy) is 3. The molecule has 1 rings (SSSR count). The Morgan fingerprint density at radius 3 is 2.00 bits per heavy atom. The third-order valence-electron chi connectivity index (χ3n) is 4.25. The van der Waals surface area contributed by atoms with Crippen molar-refractivity contribution in [3.8, 4) is 5.88 Å². The first-order valence-electron chi connectivity index (χ1n) is 12.0. The van der Waals surface area contributed by atoms with Crippen molar-refractivity contribution in [1.82, 2.24) is 9.88 Å². The number of aromatic nitrogens is 1. The smallest absolute Gasteiger partial charge is 0.424 e. The van der Waals surface area contributed by atoms with Gasteiger partial charge in [-0.2, -0.15) is 23.1 Å². The van der Waals surface area contributed by atoms with Crippen LogP contribution >= 0.6 is 0 Å². The molecular formula is C25H38F3N5O6. The highest BCUT2D eigenvalue weighted by molar-refractivity contribution is 6.11. The van der Waals surface area contributed by atoms with Crippen molar-refractivity contribution in [1.29, 1.82) is 0 Å². The molecule has 0 unspecified atom stereocenters. The van der Waals surface area contributed by atoms with Crippen LogP contribution < -0.4 is 20.3 Å². The Hall–Kier alpha value is -3.55. The zero-order valence-corrected chi connectivity index (χ0v) is 23.6. The second kappa shape index (κ2) is 13.5. The van der Waals surface area contributed by atoms with E-state index in [1.165, 1.54) is 41.5 Å². The second-order valence-corrected chi connectivity index (χ2v) is 10.7. The summed E-state index contributed by atoms with van der Waals surface area (Å²) in [4.78, 5) is 44.9. The number of carbonyl (C=O) groups is 3. The number of carbonyl (C=O) groups excluding carboxylic acids is 3. The molecule has 220 valence electrons. The van der Waals surface area contributed by atoms with E-state index in [-0.39, 0.29) is 11.5 Å². The fourth-order valence-corrected chi connectivity index (χ4v) is 2.80. The highest BCUT2D eigenvalue weighted by Crippen LogP contribution is 2.37. The third-order valence-corrected chi connectivity index (χ3v) is 4.25. The van der Waals surface area contributed by atoms with Crippen molar-refractivity contribution >= 4 is 35.3 Å². The van der Waals surface area contributed by atoms with Crippen LogP contribution in [0.1, 0.15) is 48.0 Å². The van der Waals surface area contributed by atoms with Gasteiger partial charge in [0, 0.05) is 6.54 Å². The lowest BCUT2D eigenvalue weighted by atomic mass is 10.2. The van der Waals surface area contributed by atoms with Crippen LogP contribution in [-0.4, -0.2) is 79.1 Å². The fraction of sp³-hybridized carbons (Fsp3) is 0.600. The standard InChI is InChI=1S/C25H38F3N5O6/c1-10-18(34)30-16-14-17(33(21(35)38-23(2,3)4)22(36)39-24(5,6)7)20(37-15-25(26,27)28)31-19(16)29-12-11-13-32(8)9/h10,14H,1,11-13,15H2,2-9H3,(H,29,31)(H,30,34). The van der Waals surface area contributed by atoms with E-state index in [4.69, 9.17) is 14.2 Å². The van der Waals surface area contributed by atoms with Crippen molar-refractivity contribution in [3.63, 3.8) is 0 Å². The van der Waals surface area contributed by atoms with Gasteiger partial charge in [0.1, 0.15) is 16.9 Å². The average Bonchev–Trinajstić information content (AvgIpc) is 2.73. The molecule has 3 amide bonds. The molecule has 0 aliphatic carbocycles. The number of nitrogens with one attached hydrogen (secondary N) is 2. The van der Waals surface area contributed by atoms with E-state index >= 15 is 0 Å². The highest BCUT2D eigenvalue weighted by Gasteiger charge is 2.37. The van der Waals surface area contributed by atoms with Crippen molar-refractivity contribution in [2.75, 3.05) is 49.3 Å². The van der Waals surface area contributed by atoms with Crippen LogP contribution in [0, 0.1) is 0 Å². The molecule has 0 atom stereocenters. The van der Waals surface area contributed by atoms with E-state index in [1.807, 2.05) is 19.0 Å². The lowest BCUT2D eigenvalue weighted by molar-refractivity contribution is -0.153. The molecule has 1 heterocycles. The Balaban J connectivity index is 3.79. The molecule has 14 heteroatoms. The van der Waals surface area contributed by atoms with E-state index in [0.29, 0.717) is 24.4 Å². The van der Waals surface area contributed by atoms with Crippen molar-refractivity contribution in [3.05, 3.63) is 18.7 Å². The maximum atomic E-state index is 13.2. The number of nitrogens with zero attached hydrogens (tertiary/aromatic N) is 3. The van der Waals surface area contributed by atoms with E-state index in [9.17, 15) is 27.6 Å². The summed E-state index contributed by atoms with van der Waals surface area (Å²) in [6, 6.07) is 1.07. The normalized spacial score (nSPS) is 12.0. The number of pyridine rings is 1. The summed E-state index contributed by atoms with van der Waals surface area (Å²) in [5, 5.41) is 5.42. The number of rotatable bonds is 10. The predicted molar refractivity (Wildman–Crippen MR) is 141 cm³/mol. The predicted octanol–water partition coefficient (Wildman–Crippen LogP) is 5.19. The molecule has 2 N–H and O–H groups in total. The first kappa shape index (κ1) is 33.5. The van der Waals surface area contributed by atoms with Crippen LogP contribution in [0.4, 0.5) is 40.0 Å². The largest absolute Gasteiger partial charge is 0.466 e. The molecule has 0 spiro atoms. The van der Waals surface area contributed by atoms with Crippen LogP contribution in [-0.2, 0) is 14.3 Å². The van der Waals surface area contributed by atoms with Gasteiger partial charge in [-0.15, -0.1) is 0 Å². The minimum absolute atomic E-state index is 0.0572. The van der Waals surface area contributed by atoms with Crippen LogP contribution in [0.15, 0.2) is 18.7 Å². The van der Waals surface area contributed by atoms with Gasteiger partial charge in [-0.05, 0) is 80.7 Å². The van der Waals surface area contributed by atoms with E-state index in [1.54, 1.807) is 0 Å². The number of halogens is 3. The van der Waals surface area contributed by atoms with E-state index < -0.39 is 53.6 Å². The number of hydrogen-bond donors (Lipinski definition) is 2. The maximum Gasteiger partial charge on any atom is 0.424 e. The summed E-state index contributed by atoms with van der Waals surface area (Å²) in [6.45, 7) is 11.8. The van der Waals surface area contributed by atoms with Crippen molar-refractivity contribution in [2.24, 2.45) is 0 Å². The van der Waals surface area contributed by atoms with E-state index in [0.717, 1.165) is 12.1 Å². The second-order valence-electron chi connectivity index (χ2n) is 10.7. The Bertz CT molecular complexity index is 1000. The van der Waals surface area contributed by atoms with Crippen molar-refractivity contribution in [2.45, 2.75) is 65.3 Å². The lowest BCUT2D eigenvalue weighted by Gasteiger charge is -2.29. The van der Waals surface area contributed by atoms with Crippen LogP contribution in [0.5, 0.6) is 5.88 Å². The molecule has 0 aliphatic rings. The number of anilines is 3. The first-order valence-corrected chi connectivity index (χ1v) is 12.0. The highest BCUT2D eigenvalue weighted by atomic mass is 19.4. The van der Waals surface area contributed by atoms with Gasteiger partial charge in [-0.1, -0.05) is 6.58 Å². The summed E-state index contributed by atoms with van der Waals surface area (Å²) < 4.78 is 54.9. The molecule has 0 radical (unpaired) electrons. The molecular weight excluding hydrogens is 523 g/mol. The quantitative estimate of drug-likeness (QED) is 0.294. The maximum absolute atomic E-state index is 13.2. The van der Waals surface area contributed by atoms with Gasteiger partial charge < -0.3 is 29.7 Å². The monoisotopic (exact) mass is 561 g/mol. The number of imide groups is 1. The van der Waals surface area contributed by atoms with Crippen LogP contribution in [0.25, 0.3) is 0 Å². The van der Waals surface area contributed by atoms with Gasteiger partial charge in [0.05, 0.1) is 5.69 Å². The Morgan fingerprint density at radius 1 is 1.03 bits per heavy atom. The Labute approximate surface area is 226 Å². The zero-order valence-electron chi connectivity index (χ0n) is 23.6. The summed E-state index contributed by atoms with van der Waals surface area (Å²) in [5.41, 5.74) is -2.78. The molecule has 0 saturated heterocycles. The molecule has 11 nitrogen and oxygen atoms in total. The summed E-state index contributed by atoms with van der Waals surface area (Å²) in [7, 11) is 3.74. The number of amides is 3. The number of alkyl halides is 3. The third kappa shape index (κ3) is 12.7. The SMILES string of the molecule is C=CC(=O)Nc1cc(N(C(=O)OC(C)(C)C)C(=O)OC(C)(C)C)c(OCC(F)(F)F)nc1NCCCN(C)C. The molecule has 1 aromatic rings. The zero-order chi connectivity index (χ0) is 30.2. The summed E-state index contributed by atoms with van der Waals surface area (Å²) in [5.74, 6) is -1.46. The van der Waals surface area contributed by atoms with Crippen LogP contribution in [0.3, 0.4) is 0 Å². The fourth-order valence-electron chi connectivity index (χ4n) is 2.80. The molecule has 0 aliphatic heterocycles. The number of hydrogen-bond acceptors (Lipinski definition) is 9.